The Morgan fingerprint density at radius 2 is 2.32 bits per heavy atom. The molecule has 3 aromatic rings. The number of rotatable bonds is 5. The molecule has 0 aliphatic heterocycles. The number of nitrogens with zero attached hydrogens (tertiary/aromatic N) is 3. The van der Waals surface area contributed by atoms with E-state index in [1.807, 2.05) is 34.3 Å². The summed E-state index contributed by atoms with van der Waals surface area (Å²) in [5.74, 6) is 0.395. The Balaban J connectivity index is 1.71. The third-order valence-electron chi connectivity index (χ3n) is 3.12. The fourth-order valence-corrected chi connectivity index (χ4v) is 2.76. The maximum Gasteiger partial charge on any atom is 0.355 e. The molecule has 0 aliphatic rings. The van der Waals surface area contributed by atoms with E-state index in [1.54, 1.807) is 31.3 Å². The van der Waals surface area contributed by atoms with Gasteiger partial charge in [-0.1, -0.05) is 11.2 Å². The fourth-order valence-electron chi connectivity index (χ4n) is 2.06. The summed E-state index contributed by atoms with van der Waals surface area (Å²) in [5.41, 5.74) is 0.497. The van der Waals surface area contributed by atoms with Gasteiger partial charge in [0.25, 0.3) is 5.89 Å². The molecular weight excluding hydrogens is 302 g/mol. The largest absolute Gasteiger partial charge is 0.448 e. The van der Waals surface area contributed by atoms with Crippen LogP contribution in [0.15, 0.2) is 40.4 Å². The lowest BCUT2D eigenvalue weighted by molar-refractivity contribution is 0.0253. The topological polar surface area (TPSA) is 70.2 Å². The number of esters is 1. The molecule has 0 saturated carbocycles. The third-order valence-corrected chi connectivity index (χ3v) is 3.98. The van der Waals surface area contributed by atoms with Gasteiger partial charge < -0.3 is 13.8 Å². The Labute approximate surface area is 131 Å². The van der Waals surface area contributed by atoms with Gasteiger partial charge in [-0.25, -0.2) is 4.79 Å². The van der Waals surface area contributed by atoms with Crippen LogP contribution in [0.3, 0.4) is 0 Å². The fraction of sp³-hybridized carbons (Fsp3) is 0.267. The summed E-state index contributed by atoms with van der Waals surface area (Å²) in [7, 11) is 0. The molecule has 7 heteroatoms. The van der Waals surface area contributed by atoms with Crippen LogP contribution in [-0.4, -0.2) is 20.7 Å². The van der Waals surface area contributed by atoms with E-state index in [-0.39, 0.29) is 0 Å². The summed E-state index contributed by atoms with van der Waals surface area (Å²) < 4.78 is 12.3. The molecule has 3 heterocycles. The first-order valence-electron chi connectivity index (χ1n) is 6.82. The standard InChI is InChI=1S/C15H15N3O3S/c1-10(14-16-11(2)17-21-14)20-15(19)13-6-3-7-18(13)9-12-5-4-8-22-12/h3-8,10H,9H2,1-2H3. The van der Waals surface area contributed by atoms with E-state index in [4.69, 9.17) is 9.26 Å². The van der Waals surface area contributed by atoms with E-state index < -0.39 is 12.1 Å². The lowest BCUT2D eigenvalue weighted by Crippen LogP contribution is -2.14. The lowest BCUT2D eigenvalue weighted by Gasteiger charge is -2.11. The molecule has 0 saturated heterocycles. The second-order valence-electron chi connectivity index (χ2n) is 4.83. The monoisotopic (exact) mass is 317 g/mol. The molecule has 22 heavy (non-hydrogen) atoms. The van der Waals surface area contributed by atoms with Crippen molar-refractivity contribution in [3.63, 3.8) is 0 Å². The Bertz CT molecular complexity index is 761. The van der Waals surface area contributed by atoms with Gasteiger partial charge in [-0.05, 0) is 37.4 Å². The molecule has 3 rings (SSSR count). The van der Waals surface area contributed by atoms with Crippen LogP contribution in [0.5, 0.6) is 0 Å². The maximum absolute atomic E-state index is 12.3. The number of hydrogen-bond donors (Lipinski definition) is 0. The maximum atomic E-state index is 12.3. The molecule has 3 aromatic heterocycles. The van der Waals surface area contributed by atoms with Crippen LogP contribution in [-0.2, 0) is 11.3 Å². The molecule has 0 fully saturated rings. The molecule has 0 spiro atoms. The minimum atomic E-state index is -0.584. The van der Waals surface area contributed by atoms with E-state index in [2.05, 4.69) is 10.1 Å². The average Bonchev–Trinajstić information content (AvgIpc) is 3.20. The van der Waals surface area contributed by atoms with Crippen molar-refractivity contribution < 1.29 is 14.1 Å². The summed E-state index contributed by atoms with van der Waals surface area (Å²) >= 11 is 1.65. The van der Waals surface area contributed by atoms with Crippen LogP contribution in [0.25, 0.3) is 0 Å². The minimum Gasteiger partial charge on any atom is -0.448 e. The number of carbonyl (C=O) groups is 1. The van der Waals surface area contributed by atoms with Crippen LogP contribution < -0.4 is 0 Å². The number of ether oxygens (including phenoxy) is 1. The van der Waals surface area contributed by atoms with Crippen molar-refractivity contribution in [1.29, 1.82) is 0 Å². The van der Waals surface area contributed by atoms with E-state index in [9.17, 15) is 4.79 Å². The molecule has 0 N–H and O–H groups in total. The van der Waals surface area contributed by atoms with E-state index in [0.717, 1.165) is 0 Å². The van der Waals surface area contributed by atoms with E-state index in [1.165, 1.54) is 4.88 Å². The molecular formula is C15H15N3O3S. The van der Waals surface area contributed by atoms with Gasteiger partial charge in [-0.3, -0.25) is 0 Å². The van der Waals surface area contributed by atoms with Gasteiger partial charge in [-0.2, -0.15) is 4.98 Å². The first-order chi connectivity index (χ1) is 10.6. The zero-order valence-corrected chi connectivity index (χ0v) is 13.0. The Morgan fingerprint density at radius 1 is 1.45 bits per heavy atom. The smallest absolute Gasteiger partial charge is 0.355 e. The highest BCUT2D eigenvalue weighted by Gasteiger charge is 2.20. The summed E-state index contributed by atoms with van der Waals surface area (Å²) in [6.45, 7) is 4.06. The number of thiophene rings is 1. The first kappa shape index (κ1) is 14.5. The van der Waals surface area contributed by atoms with Crippen molar-refractivity contribution in [3.05, 3.63) is 58.1 Å². The lowest BCUT2D eigenvalue weighted by atomic mass is 10.3. The Hall–Kier alpha value is -2.41. The van der Waals surface area contributed by atoms with Crippen molar-refractivity contribution in [3.8, 4) is 0 Å². The third kappa shape index (κ3) is 3.09. The van der Waals surface area contributed by atoms with Crippen LogP contribution in [0.1, 0.15) is 40.1 Å². The molecule has 0 aliphatic carbocycles. The van der Waals surface area contributed by atoms with Gasteiger partial charge in [0.05, 0.1) is 6.54 Å². The number of aryl methyl sites for hydroxylation is 1. The highest BCUT2D eigenvalue weighted by molar-refractivity contribution is 7.09. The van der Waals surface area contributed by atoms with Crippen LogP contribution in [0, 0.1) is 6.92 Å². The van der Waals surface area contributed by atoms with Crippen LogP contribution in [0.2, 0.25) is 0 Å². The quantitative estimate of drug-likeness (QED) is 0.676. The second-order valence-corrected chi connectivity index (χ2v) is 5.86. The zero-order valence-electron chi connectivity index (χ0n) is 12.2. The van der Waals surface area contributed by atoms with E-state index >= 15 is 0 Å². The van der Waals surface area contributed by atoms with E-state index in [0.29, 0.717) is 24.0 Å². The van der Waals surface area contributed by atoms with Crippen LogP contribution in [0.4, 0.5) is 0 Å². The van der Waals surface area contributed by atoms with Gasteiger partial charge in [0.1, 0.15) is 5.69 Å². The summed E-state index contributed by atoms with van der Waals surface area (Å²) in [6.07, 6.45) is 1.27. The molecule has 6 nitrogen and oxygen atoms in total. The Kier molecular flexibility index (Phi) is 4.06. The van der Waals surface area contributed by atoms with Gasteiger partial charge in [0, 0.05) is 11.1 Å². The number of hydrogen-bond acceptors (Lipinski definition) is 6. The normalized spacial score (nSPS) is 12.3. The molecule has 0 bridgehead atoms. The number of carbonyl (C=O) groups excluding carboxylic acids is 1. The molecule has 1 atom stereocenters. The van der Waals surface area contributed by atoms with Gasteiger partial charge in [0.2, 0.25) is 0 Å². The zero-order chi connectivity index (χ0) is 15.5. The van der Waals surface area contributed by atoms with Gasteiger partial charge in [-0.15, -0.1) is 11.3 Å². The molecule has 0 radical (unpaired) electrons. The second kappa shape index (κ2) is 6.15. The minimum absolute atomic E-state index is 0.294. The van der Waals surface area contributed by atoms with Gasteiger partial charge in [0.15, 0.2) is 11.9 Å². The molecule has 114 valence electrons. The highest BCUT2D eigenvalue weighted by Crippen LogP contribution is 2.18. The summed E-state index contributed by atoms with van der Waals surface area (Å²) in [6, 6.07) is 7.58. The molecule has 0 aromatic carbocycles. The van der Waals surface area contributed by atoms with Crippen molar-refractivity contribution in [1.82, 2.24) is 14.7 Å². The van der Waals surface area contributed by atoms with Crippen molar-refractivity contribution in [2.45, 2.75) is 26.5 Å². The van der Waals surface area contributed by atoms with Crippen LogP contribution >= 0.6 is 11.3 Å². The van der Waals surface area contributed by atoms with Crippen molar-refractivity contribution in [2.75, 3.05) is 0 Å². The average molecular weight is 317 g/mol. The summed E-state index contributed by atoms with van der Waals surface area (Å²) in [5, 5.41) is 5.70. The first-order valence-corrected chi connectivity index (χ1v) is 7.70. The summed E-state index contributed by atoms with van der Waals surface area (Å²) in [4.78, 5) is 17.6. The predicted octanol–water partition coefficient (Wildman–Crippen LogP) is 3.21. The highest BCUT2D eigenvalue weighted by atomic mass is 32.1. The predicted molar refractivity (Wildman–Crippen MR) is 80.7 cm³/mol. The van der Waals surface area contributed by atoms with Crippen molar-refractivity contribution >= 4 is 17.3 Å². The molecule has 0 amide bonds. The Morgan fingerprint density at radius 3 is 3.00 bits per heavy atom. The van der Waals surface area contributed by atoms with Gasteiger partial charge >= 0.3 is 5.97 Å². The molecule has 1 unspecified atom stereocenters. The van der Waals surface area contributed by atoms with Crippen molar-refractivity contribution in [2.24, 2.45) is 0 Å². The number of aromatic nitrogens is 3. The SMILES string of the molecule is Cc1noc(C(C)OC(=O)c2cccn2Cc2cccs2)n1.